The number of aliphatic hydroxyl groups excluding tert-OH is 1. The number of aromatic nitrogens is 2. The van der Waals surface area contributed by atoms with Crippen LogP contribution in [0, 0.1) is 0 Å². The number of ether oxygens (including phenoxy) is 1. The number of halogens is 1. The fourth-order valence-electron chi connectivity index (χ4n) is 3.27. The summed E-state index contributed by atoms with van der Waals surface area (Å²) >= 11 is 1.98. The van der Waals surface area contributed by atoms with E-state index in [4.69, 9.17) is 10.5 Å². The Morgan fingerprint density at radius 3 is 2.23 bits per heavy atom. The quantitative estimate of drug-likeness (QED) is 0.174. The molecule has 4 N–H and O–H groups in total. The first-order chi connectivity index (χ1) is 15.0. The smallest absolute Gasteiger partial charge is 0.150 e. The van der Waals surface area contributed by atoms with Gasteiger partial charge >= 0.3 is 0 Å². The van der Waals surface area contributed by atoms with E-state index in [9.17, 15) is 5.11 Å². The van der Waals surface area contributed by atoms with E-state index in [2.05, 4.69) is 58.5 Å². The van der Waals surface area contributed by atoms with E-state index in [1.54, 1.807) is 6.20 Å². The minimum absolute atomic E-state index is 0.192. The Balaban J connectivity index is 1.32. The molecule has 0 spiro atoms. The molecule has 1 aromatic heterocycles. The summed E-state index contributed by atoms with van der Waals surface area (Å²) < 4.78 is 4.99. The second-order valence-corrected chi connectivity index (χ2v) is 9.28. The van der Waals surface area contributed by atoms with Gasteiger partial charge in [-0.25, -0.2) is 4.98 Å². The number of nitrogens with two attached hydrogens (primary N) is 1. The molecule has 4 aromatic rings. The standard InChI is InChI=1S/C25H24IN3O2/c26-25(27,17-30)24-28-16-23(29-24)21-10-12-22(13-11-21)31-15-14-18-6-8-20(9-7-18)19-4-2-1-3-5-19/h1-13,16,30H,14-15,17,27H2,(H,28,29)/t25-/m0/s1. The van der Waals surface area contributed by atoms with Crippen LogP contribution in [0.2, 0.25) is 0 Å². The maximum Gasteiger partial charge on any atom is 0.150 e. The van der Waals surface area contributed by atoms with E-state index >= 15 is 0 Å². The minimum atomic E-state index is -0.918. The summed E-state index contributed by atoms with van der Waals surface area (Å²) in [6.45, 7) is 0.418. The van der Waals surface area contributed by atoms with Crippen LogP contribution in [0.4, 0.5) is 0 Å². The van der Waals surface area contributed by atoms with Gasteiger partial charge in [0.15, 0.2) is 0 Å². The molecule has 4 rings (SSSR count). The lowest BCUT2D eigenvalue weighted by atomic mass is 10.0. The zero-order valence-electron chi connectivity index (χ0n) is 17.0. The first-order valence-electron chi connectivity index (χ1n) is 10.1. The van der Waals surface area contributed by atoms with E-state index in [0.717, 1.165) is 23.4 Å². The molecule has 0 saturated heterocycles. The van der Waals surface area contributed by atoms with Gasteiger partial charge in [-0.05, 0) is 46.5 Å². The summed E-state index contributed by atoms with van der Waals surface area (Å²) in [5, 5.41) is 9.39. The fraction of sp³-hybridized carbons (Fsp3) is 0.160. The number of imidazole rings is 1. The molecule has 1 atom stereocenters. The lowest BCUT2D eigenvalue weighted by Gasteiger charge is -2.15. The molecule has 0 saturated carbocycles. The van der Waals surface area contributed by atoms with Crippen LogP contribution in [-0.4, -0.2) is 28.3 Å². The summed E-state index contributed by atoms with van der Waals surface area (Å²) in [5.41, 5.74) is 11.5. The van der Waals surface area contributed by atoms with Gasteiger partial charge in [-0.1, -0.05) is 77.2 Å². The highest BCUT2D eigenvalue weighted by Crippen LogP contribution is 2.27. The third-order valence-electron chi connectivity index (χ3n) is 5.09. The predicted octanol–water partition coefficient (Wildman–Crippen LogP) is 4.90. The molecule has 0 aliphatic carbocycles. The van der Waals surface area contributed by atoms with E-state index in [-0.39, 0.29) is 6.61 Å². The van der Waals surface area contributed by atoms with Gasteiger partial charge in [0.2, 0.25) is 0 Å². The number of nitrogens with one attached hydrogen (secondary N) is 1. The number of H-pyrrole nitrogens is 1. The highest BCUT2D eigenvalue weighted by atomic mass is 127. The molecule has 0 fully saturated rings. The molecule has 0 aliphatic heterocycles. The minimum Gasteiger partial charge on any atom is -0.493 e. The van der Waals surface area contributed by atoms with Crippen molar-refractivity contribution in [2.75, 3.05) is 13.2 Å². The van der Waals surface area contributed by atoms with Gasteiger partial charge in [0.1, 0.15) is 15.1 Å². The Kier molecular flexibility index (Phi) is 6.70. The Morgan fingerprint density at radius 1 is 0.903 bits per heavy atom. The maximum absolute atomic E-state index is 9.39. The second kappa shape index (κ2) is 9.64. The third kappa shape index (κ3) is 5.33. The number of hydrogen-bond donors (Lipinski definition) is 3. The van der Waals surface area contributed by atoms with Crippen molar-refractivity contribution in [2.24, 2.45) is 5.73 Å². The van der Waals surface area contributed by atoms with Crippen molar-refractivity contribution in [3.63, 3.8) is 0 Å². The molecule has 6 heteroatoms. The average Bonchev–Trinajstić information content (AvgIpc) is 3.32. The molecule has 0 unspecified atom stereocenters. The lowest BCUT2D eigenvalue weighted by molar-refractivity contribution is 0.255. The highest BCUT2D eigenvalue weighted by Gasteiger charge is 2.26. The molecule has 0 amide bonds. The van der Waals surface area contributed by atoms with Gasteiger partial charge in [0.05, 0.1) is 25.1 Å². The fourth-order valence-corrected chi connectivity index (χ4v) is 3.54. The number of aromatic amines is 1. The Labute approximate surface area is 195 Å². The van der Waals surface area contributed by atoms with Crippen LogP contribution < -0.4 is 10.5 Å². The Hall–Kier alpha value is -2.68. The van der Waals surface area contributed by atoms with Gasteiger partial charge in [0.25, 0.3) is 0 Å². The third-order valence-corrected chi connectivity index (χ3v) is 5.94. The molecular weight excluding hydrogens is 501 g/mol. The average molecular weight is 525 g/mol. The van der Waals surface area contributed by atoms with Crippen molar-refractivity contribution in [1.82, 2.24) is 9.97 Å². The molecule has 5 nitrogen and oxygen atoms in total. The molecule has 0 radical (unpaired) electrons. The monoisotopic (exact) mass is 525 g/mol. The van der Waals surface area contributed by atoms with Gasteiger partial charge < -0.3 is 20.6 Å². The predicted molar refractivity (Wildman–Crippen MR) is 132 cm³/mol. The van der Waals surface area contributed by atoms with Crippen LogP contribution in [0.25, 0.3) is 22.4 Å². The molecular formula is C25H24IN3O2. The van der Waals surface area contributed by atoms with Gasteiger partial charge in [-0.2, -0.15) is 0 Å². The zero-order valence-corrected chi connectivity index (χ0v) is 19.1. The molecule has 3 aromatic carbocycles. The van der Waals surface area contributed by atoms with Crippen molar-refractivity contribution in [1.29, 1.82) is 0 Å². The first kappa shape index (κ1) is 21.5. The molecule has 1 heterocycles. The van der Waals surface area contributed by atoms with Gasteiger partial charge in [0, 0.05) is 6.42 Å². The largest absolute Gasteiger partial charge is 0.493 e. The van der Waals surface area contributed by atoms with E-state index in [1.165, 1.54) is 16.7 Å². The number of nitrogens with zero attached hydrogens (tertiary/aromatic N) is 1. The SMILES string of the molecule is N[C@@](I)(CO)c1ncc(-c2ccc(OCCc3ccc(-c4ccccc4)cc3)cc2)[nH]1. The summed E-state index contributed by atoms with van der Waals surface area (Å²) in [6, 6.07) is 26.8. The van der Waals surface area contributed by atoms with Crippen LogP contribution >= 0.6 is 22.6 Å². The molecule has 0 aliphatic rings. The lowest BCUT2D eigenvalue weighted by Crippen LogP contribution is -2.34. The van der Waals surface area contributed by atoms with Crippen molar-refractivity contribution in [3.05, 3.63) is 96.4 Å². The first-order valence-corrected chi connectivity index (χ1v) is 11.1. The van der Waals surface area contributed by atoms with Crippen LogP contribution in [0.5, 0.6) is 5.75 Å². The van der Waals surface area contributed by atoms with Crippen LogP contribution in [-0.2, 0) is 9.97 Å². The zero-order chi connectivity index (χ0) is 21.7. The summed E-state index contributed by atoms with van der Waals surface area (Å²) in [6.07, 6.45) is 2.57. The second-order valence-electron chi connectivity index (χ2n) is 7.35. The summed E-state index contributed by atoms with van der Waals surface area (Å²) in [4.78, 5) is 7.46. The van der Waals surface area contributed by atoms with Crippen molar-refractivity contribution >= 4 is 22.6 Å². The van der Waals surface area contributed by atoms with E-state index in [0.29, 0.717) is 12.4 Å². The molecule has 158 valence electrons. The van der Waals surface area contributed by atoms with Gasteiger partial charge in [-0.15, -0.1) is 0 Å². The number of benzene rings is 3. The number of aliphatic hydroxyl groups is 1. The number of rotatable bonds is 8. The topological polar surface area (TPSA) is 84.2 Å². The summed E-state index contributed by atoms with van der Waals surface area (Å²) in [7, 11) is 0. The van der Waals surface area contributed by atoms with Crippen molar-refractivity contribution in [3.8, 4) is 28.1 Å². The van der Waals surface area contributed by atoms with Crippen molar-refractivity contribution < 1.29 is 9.84 Å². The Morgan fingerprint density at radius 2 is 1.55 bits per heavy atom. The van der Waals surface area contributed by atoms with E-state index in [1.807, 2.05) is 52.9 Å². The number of hydrogen-bond acceptors (Lipinski definition) is 4. The summed E-state index contributed by atoms with van der Waals surface area (Å²) in [5.74, 6) is 1.37. The van der Waals surface area contributed by atoms with Crippen LogP contribution in [0.3, 0.4) is 0 Å². The highest BCUT2D eigenvalue weighted by molar-refractivity contribution is 14.1. The van der Waals surface area contributed by atoms with E-state index < -0.39 is 3.55 Å². The normalized spacial score (nSPS) is 13.0. The maximum atomic E-state index is 9.39. The van der Waals surface area contributed by atoms with Crippen LogP contribution in [0.1, 0.15) is 11.4 Å². The van der Waals surface area contributed by atoms with Crippen LogP contribution in [0.15, 0.2) is 85.1 Å². The van der Waals surface area contributed by atoms with Gasteiger partial charge in [-0.3, -0.25) is 0 Å². The Bertz CT molecular complexity index is 1110. The van der Waals surface area contributed by atoms with Crippen molar-refractivity contribution in [2.45, 2.75) is 9.97 Å². The number of alkyl halides is 1. The molecule has 31 heavy (non-hydrogen) atoms. The molecule has 0 bridgehead atoms.